The number of primary amides is 1. The van der Waals surface area contributed by atoms with Gasteiger partial charge in [0.05, 0.1) is 11.5 Å². The van der Waals surface area contributed by atoms with Gasteiger partial charge < -0.3 is 5.73 Å². The number of piperidine rings is 1. The molecular formula is C13H14ClN3O3S. The smallest absolute Gasteiger partial charge is 0.244 e. The largest absolute Gasteiger partial charge is 0.369 e. The average molecular weight is 328 g/mol. The van der Waals surface area contributed by atoms with Crippen molar-refractivity contribution < 1.29 is 13.2 Å². The molecule has 1 atom stereocenters. The molecule has 1 saturated heterocycles. The van der Waals surface area contributed by atoms with Crippen LogP contribution in [0.4, 0.5) is 0 Å². The van der Waals surface area contributed by atoms with Gasteiger partial charge >= 0.3 is 0 Å². The van der Waals surface area contributed by atoms with E-state index in [1.165, 1.54) is 22.5 Å². The maximum Gasteiger partial charge on any atom is 0.244 e. The Morgan fingerprint density at radius 2 is 2.19 bits per heavy atom. The Hall–Kier alpha value is -1.62. The third-order valence-corrected chi connectivity index (χ3v) is 5.61. The molecule has 1 aliphatic heterocycles. The van der Waals surface area contributed by atoms with Crippen molar-refractivity contribution in [2.75, 3.05) is 13.1 Å². The van der Waals surface area contributed by atoms with Gasteiger partial charge in [0.15, 0.2) is 0 Å². The fourth-order valence-electron chi connectivity index (χ4n) is 2.33. The molecule has 1 heterocycles. The second-order valence-corrected chi connectivity index (χ2v) is 7.20. The van der Waals surface area contributed by atoms with Crippen molar-refractivity contribution in [1.29, 1.82) is 5.26 Å². The Balaban J connectivity index is 2.41. The van der Waals surface area contributed by atoms with E-state index in [1.807, 2.05) is 6.07 Å². The van der Waals surface area contributed by atoms with Crippen LogP contribution in [0.5, 0.6) is 0 Å². The lowest BCUT2D eigenvalue weighted by Gasteiger charge is -2.30. The summed E-state index contributed by atoms with van der Waals surface area (Å²) in [5.41, 5.74) is 5.29. The molecule has 2 N–H and O–H groups in total. The van der Waals surface area contributed by atoms with Crippen molar-refractivity contribution >= 4 is 27.5 Å². The summed E-state index contributed by atoms with van der Waals surface area (Å²) in [6, 6.07) is 5.92. The van der Waals surface area contributed by atoms with Gasteiger partial charge in [0.2, 0.25) is 15.9 Å². The molecule has 0 saturated carbocycles. The summed E-state index contributed by atoms with van der Waals surface area (Å²) in [4.78, 5) is 11.1. The van der Waals surface area contributed by atoms with Crippen molar-refractivity contribution in [3.05, 3.63) is 28.8 Å². The molecule has 1 aromatic rings. The summed E-state index contributed by atoms with van der Waals surface area (Å²) in [6.07, 6.45) is 1.12. The van der Waals surface area contributed by atoms with E-state index < -0.39 is 21.8 Å². The number of nitrogens with zero attached hydrogens (tertiary/aromatic N) is 2. The molecule has 8 heteroatoms. The first-order chi connectivity index (χ1) is 9.86. The van der Waals surface area contributed by atoms with E-state index in [4.69, 9.17) is 22.6 Å². The first kappa shape index (κ1) is 15.8. The number of amides is 1. The molecule has 0 aliphatic carbocycles. The fraction of sp³-hybridized carbons (Fsp3) is 0.385. The maximum atomic E-state index is 12.7. The fourth-order valence-corrected chi connectivity index (χ4v) is 4.26. The summed E-state index contributed by atoms with van der Waals surface area (Å²) in [6.45, 7) is 0.332. The predicted molar refractivity (Wildman–Crippen MR) is 76.8 cm³/mol. The Morgan fingerprint density at radius 3 is 2.81 bits per heavy atom. The summed E-state index contributed by atoms with van der Waals surface area (Å²) in [7, 11) is -3.88. The lowest BCUT2D eigenvalue weighted by Crippen LogP contribution is -2.44. The highest BCUT2D eigenvalue weighted by Crippen LogP contribution is 2.27. The van der Waals surface area contributed by atoms with E-state index in [0.29, 0.717) is 19.4 Å². The minimum Gasteiger partial charge on any atom is -0.369 e. The molecule has 0 aromatic heterocycles. The highest BCUT2D eigenvalue weighted by molar-refractivity contribution is 7.89. The lowest BCUT2D eigenvalue weighted by atomic mass is 9.99. The van der Waals surface area contributed by atoms with Gasteiger partial charge in [-0.3, -0.25) is 4.79 Å². The van der Waals surface area contributed by atoms with E-state index in [9.17, 15) is 13.2 Å². The number of nitriles is 1. The van der Waals surface area contributed by atoms with E-state index in [-0.39, 0.29) is 22.0 Å². The normalized spacial score (nSPS) is 19.9. The second-order valence-electron chi connectivity index (χ2n) is 4.86. The number of carbonyl (C=O) groups excluding carboxylic acids is 1. The predicted octanol–water partition coefficient (Wildman–Crippen LogP) is 1.10. The lowest BCUT2D eigenvalue weighted by molar-refractivity contribution is -0.122. The van der Waals surface area contributed by atoms with E-state index in [1.54, 1.807) is 0 Å². The molecule has 1 unspecified atom stereocenters. The van der Waals surface area contributed by atoms with Crippen LogP contribution in [0.3, 0.4) is 0 Å². The van der Waals surface area contributed by atoms with Crippen LogP contribution < -0.4 is 5.73 Å². The molecule has 6 nitrogen and oxygen atoms in total. The Labute approximate surface area is 128 Å². The van der Waals surface area contributed by atoms with Crippen LogP contribution in [0, 0.1) is 17.2 Å². The molecule has 1 aliphatic rings. The minimum absolute atomic E-state index is 0.0283. The van der Waals surface area contributed by atoms with Crippen molar-refractivity contribution in [1.82, 2.24) is 4.31 Å². The highest BCUT2D eigenvalue weighted by atomic mass is 35.5. The molecule has 0 spiro atoms. The van der Waals surface area contributed by atoms with Crippen molar-refractivity contribution in [3.8, 4) is 6.07 Å². The molecule has 1 amide bonds. The van der Waals surface area contributed by atoms with Crippen molar-refractivity contribution in [2.24, 2.45) is 11.7 Å². The van der Waals surface area contributed by atoms with Gasteiger partial charge in [-0.15, -0.1) is 0 Å². The molecule has 0 bridgehead atoms. The van der Waals surface area contributed by atoms with E-state index >= 15 is 0 Å². The summed E-state index contributed by atoms with van der Waals surface area (Å²) in [5.74, 6) is -1.01. The van der Waals surface area contributed by atoms with Crippen LogP contribution in [-0.4, -0.2) is 31.7 Å². The van der Waals surface area contributed by atoms with Crippen LogP contribution in [0.25, 0.3) is 0 Å². The zero-order valence-corrected chi connectivity index (χ0v) is 12.7. The molecule has 1 fully saturated rings. The number of hydrogen-bond acceptors (Lipinski definition) is 4. The summed E-state index contributed by atoms with van der Waals surface area (Å²) in [5, 5.41) is 9.29. The molecule has 0 radical (unpaired) electrons. The number of nitrogens with two attached hydrogens (primary N) is 1. The Morgan fingerprint density at radius 1 is 1.48 bits per heavy atom. The van der Waals surface area contributed by atoms with E-state index in [2.05, 4.69) is 0 Å². The molecular weight excluding hydrogens is 314 g/mol. The van der Waals surface area contributed by atoms with Gasteiger partial charge in [-0.25, -0.2) is 8.42 Å². The van der Waals surface area contributed by atoms with Crippen LogP contribution >= 0.6 is 11.6 Å². The number of rotatable bonds is 3. The monoisotopic (exact) mass is 327 g/mol. The topological polar surface area (TPSA) is 104 Å². The summed E-state index contributed by atoms with van der Waals surface area (Å²) >= 11 is 5.83. The Kier molecular flexibility index (Phi) is 4.52. The maximum absolute atomic E-state index is 12.7. The third kappa shape index (κ3) is 3.18. The number of hydrogen-bond donors (Lipinski definition) is 1. The minimum atomic E-state index is -3.88. The van der Waals surface area contributed by atoms with Crippen LogP contribution in [0.15, 0.2) is 23.1 Å². The number of sulfonamides is 1. The van der Waals surface area contributed by atoms with Gasteiger partial charge in [-0.05, 0) is 31.0 Å². The first-order valence-corrected chi connectivity index (χ1v) is 8.17. The van der Waals surface area contributed by atoms with Gasteiger partial charge in [-0.2, -0.15) is 9.57 Å². The van der Waals surface area contributed by atoms with Crippen molar-refractivity contribution in [3.63, 3.8) is 0 Å². The number of carbonyl (C=O) groups is 1. The number of benzene rings is 1. The molecule has 21 heavy (non-hydrogen) atoms. The van der Waals surface area contributed by atoms with Crippen LogP contribution in [0.2, 0.25) is 5.02 Å². The quantitative estimate of drug-likeness (QED) is 0.897. The average Bonchev–Trinajstić information content (AvgIpc) is 2.47. The third-order valence-electron chi connectivity index (χ3n) is 3.47. The van der Waals surface area contributed by atoms with E-state index in [0.717, 1.165) is 0 Å². The van der Waals surface area contributed by atoms with Gasteiger partial charge in [0, 0.05) is 18.1 Å². The zero-order chi connectivity index (χ0) is 15.6. The number of halogens is 1. The van der Waals surface area contributed by atoms with Gasteiger partial charge in [0.1, 0.15) is 11.0 Å². The van der Waals surface area contributed by atoms with Gasteiger partial charge in [0.25, 0.3) is 0 Å². The van der Waals surface area contributed by atoms with Crippen LogP contribution in [-0.2, 0) is 14.8 Å². The van der Waals surface area contributed by atoms with Gasteiger partial charge in [-0.1, -0.05) is 11.6 Å². The molecule has 2 rings (SSSR count). The molecule has 1 aromatic carbocycles. The summed E-state index contributed by atoms with van der Waals surface area (Å²) < 4.78 is 26.5. The van der Waals surface area contributed by atoms with Crippen LogP contribution in [0.1, 0.15) is 18.4 Å². The second kappa shape index (κ2) is 6.02. The standard InChI is InChI=1S/C13H14ClN3O3S/c14-11-4-3-9(7-15)12(6-11)21(19,20)17-5-1-2-10(8-17)13(16)18/h3-4,6,10H,1-2,5,8H2,(H2,16,18). The Bertz CT molecular complexity index is 712. The SMILES string of the molecule is N#Cc1ccc(Cl)cc1S(=O)(=O)N1CCCC(C(N)=O)C1. The first-order valence-electron chi connectivity index (χ1n) is 6.35. The molecule has 112 valence electrons. The zero-order valence-electron chi connectivity index (χ0n) is 11.1. The van der Waals surface area contributed by atoms with Crippen molar-refractivity contribution in [2.45, 2.75) is 17.7 Å². The highest BCUT2D eigenvalue weighted by Gasteiger charge is 2.33.